The fraction of sp³-hybridized carbons (Fsp3) is 0.750. The molecule has 0 unspecified atom stereocenters. The maximum atomic E-state index is 10.8. The van der Waals surface area contributed by atoms with Gasteiger partial charge in [0.05, 0.1) is 0 Å². The second kappa shape index (κ2) is 4.71. The molecule has 1 aromatic heterocycles. The first-order chi connectivity index (χ1) is 7.66. The summed E-state index contributed by atoms with van der Waals surface area (Å²) in [5, 5.41) is 21.8. The van der Waals surface area contributed by atoms with Crippen molar-refractivity contribution in [2.45, 2.75) is 25.4 Å². The van der Waals surface area contributed by atoms with Crippen LogP contribution in [0.2, 0.25) is 0 Å². The summed E-state index contributed by atoms with van der Waals surface area (Å²) >= 11 is 4.96. The molecule has 1 aliphatic heterocycles. The maximum absolute atomic E-state index is 10.8. The molecule has 16 heavy (non-hydrogen) atoms. The average Bonchev–Trinajstić information content (AvgIpc) is 2.65. The van der Waals surface area contributed by atoms with Gasteiger partial charge < -0.3 is 10.4 Å². The van der Waals surface area contributed by atoms with E-state index in [9.17, 15) is 4.79 Å². The van der Waals surface area contributed by atoms with Gasteiger partial charge >= 0.3 is 5.97 Å². The van der Waals surface area contributed by atoms with Gasteiger partial charge in [0, 0.05) is 6.54 Å². The van der Waals surface area contributed by atoms with Gasteiger partial charge in [-0.3, -0.25) is 4.79 Å². The van der Waals surface area contributed by atoms with Crippen molar-refractivity contribution in [3.05, 3.63) is 4.77 Å². The Bertz CT molecular complexity index is 428. The minimum Gasteiger partial charge on any atom is -0.480 e. The van der Waals surface area contributed by atoms with Crippen LogP contribution in [0.5, 0.6) is 0 Å². The van der Waals surface area contributed by atoms with Gasteiger partial charge in [-0.25, -0.2) is 4.68 Å². The third-order valence-corrected chi connectivity index (χ3v) is 3.09. The van der Waals surface area contributed by atoms with Crippen LogP contribution in [-0.4, -0.2) is 43.9 Å². The lowest BCUT2D eigenvalue weighted by Crippen LogP contribution is -2.44. The van der Waals surface area contributed by atoms with E-state index in [0.717, 1.165) is 13.0 Å². The number of nitrogens with zero attached hydrogens (tertiary/aromatic N) is 3. The molecule has 0 aromatic carbocycles. The lowest BCUT2D eigenvalue weighted by molar-refractivity contribution is -0.140. The molecule has 88 valence electrons. The Labute approximate surface area is 96.8 Å². The SMILES string of the molecule is O=C(O)[C@H]1C[C@H](Cn2[nH]nnc2=S)CCN1. The predicted molar refractivity (Wildman–Crippen MR) is 57.4 cm³/mol. The molecule has 0 radical (unpaired) electrons. The van der Waals surface area contributed by atoms with Crippen molar-refractivity contribution in [1.82, 2.24) is 25.5 Å². The normalized spacial score (nSPS) is 25.5. The molecule has 0 aliphatic carbocycles. The molecule has 7 nitrogen and oxygen atoms in total. The minimum absolute atomic E-state index is 0.288. The molecule has 0 spiro atoms. The van der Waals surface area contributed by atoms with E-state index in [1.807, 2.05) is 0 Å². The number of piperidine rings is 1. The van der Waals surface area contributed by atoms with Crippen molar-refractivity contribution < 1.29 is 9.90 Å². The van der Waals surface area contributed by atoms with Crippen molar-refractivity contribution in [2.24, 2.45) is 5.92 Å². The quantitative estimate of drug-likeness (QED) is 0.636. The molecule has 0 saturated carbocycles. The molecular formula is C8H13N5O2S. The van der Waals surface area contributed by atoms with Crippen LogP contribution in [0, 0.1) is 10.7 Å². The Morgan fingerprint density at radius 2 is 2.50 bits per heavy atom. The van der Waals surface area contributed by atoms with Crippen LogP contribution in [0.4, 0.5) is 0 Å². The van der Waals surface area contributed by atoms with Crippen molar-refractivity contribution in [3.8, 4) is 0 Å². The number of aliphatic carboxylic acids is 1. The van der Waals surface area contributed by atoms with E-state index < -0.39 is 12.0 Å². The first-order valence-electron chi connectivity index (χ1n) is 5.11. The minimum atomic E-state index is -0.795. The fourth-order valence-corrected chi connectivity index (χ4v) is 2.10. The number of hydrogen-bond donors (Lipinski definition) is 3. The van der Waals surface area contributed by atoms with E-state index in [1.165, 1.54) is 0 Å². The van der Waals surface area contributed by atoms with Gasteiger partial charge in [-0.1, -0.05) is 10.3 Å². The number of carboxylic acid groups (broad SMARTS) is 1. The van der Waals surface area contributed by atoms with E-state index in [-0.39, 0.29) is 5.92 Å². The lowest BCUT2D eigenvalue weighted by atomic mass is 9.92. The molecule has 2 atom stereocenters. The molecule has 1 aromatic rings. The summed E-state index contributed by atoms with van der Waals surface area (Å²) in [4.78, 5) is 10.8. The van der Waals surface area contributed by atoms with E-state index in [1.54, 1.807) is 4.68 Å². The fourth-order valence-electron chi connectivity index (χ4n) is 1.94. The zero-order valence-electron chi connectivity index (χ0n) is 8.59. The van der Waals surface area contributed by atoms with Gasteiger partial charge in [0.15, 0.2) is 0 Å². The van der Waals surface area contributed by atoms with Crippen LogP contribution >= 0.6 is 12.2 Å². The number of nitrogens with one attached hydrogen (secondary N) is 2. The Balaban J connectivity index is 1.98. The molecule has 8 heteroatoms. The number of tetrazole rings is 1. The highest BCUT2D eigenvalue weighted by atomic mass is 32.1. The van der Waals surface area contributed by atoms with Crippen molar-refractivity contribution in [1.29, 1.82) is 0 Å². The van der Waals surface area contributed by atoms with Crippen LogP contribution in [0.15, 0.2) is 0 Å². The zero-order valence-corrected chi connectivity index (χ0v) is 9.40. The lowest BCUT2D eigenvalue weighted by Gasteiger charge is -2.27. The summed E-state index contributed by atoms with van der Waals surface area (Å²) in [6.07, 6.45) is 1.54. The van der Waals surface area contributed by atoms with Gasteiger partial charge in [0.1, 0.15) is 6.04 Å². The summed E-state index contributed by atoms with van der Waals surface area (Å²) in [6.45, 7) is 1.37. The Hall–Kier alpha value is -1.28. The van der Waals surface area contributed by atoms with Crippen molar-refractivity contribution in [2.75, 3.05) is 6.54 Å². The molecule has 2 heterocycles. The molecule has 0 bridgehead atoms. The largest absolute Gasteiger partial charge is 0.480 e. The number of carbonyl (C=O) groups is 1. The van der Waals surface area contributed by atoms with Crippen molar-refractivity contribution >= 4 is 18.2 Å². The topological polar surface area (TPSA) is 95.8 Å². The van der Waals surface area contributed by atoms with Gasteiger partial charge in [0.2, 0.25) is 4.77 Å². The summed E-state index contributed by atoms with van der Waals surface area (Å²) in [7, 11) is 0. The second-order valence-corrected chi connectivity index (χ2v) is 4.29. The van der Waals surface area contributed by atoms with Crippen LogP contribution in [0.3, 0.4) is 0 Å². The summed E-state index contributed by atoms with van der Waals surface area (Å²) in [5.41, 5.74) is 0. The predicted octanol–water partition coefficient (Wildman–Crippen LogP) is -0.212. The Kier molecular flexibility index (Phi) is 3.30. The van der Waals surface area contributed by atoms with Crippen molar-refractivity contribution in [3.63, 3.8) is 0 Å². The van der Waals surface area contributed by atoms with Crippen LogP contribution in [0.1, 0.15) is 12.8 Å². The van der Waals surface area contributed by atoms with E-state index in [2.05, 4.69) is 20.8 Å². The molecular weight excluding hydrogens is 230 g/mol. The first kappa shape index (κ1) is 11.2. The second-order valence-electron chi connectivity index (χ2n) is 3.93. The van der Waals surface area contributed by atoms with Crippen LogP contribution in [0.25, 0.3) is 0 Å². The standard InChI is InChI=1S/C8H13N5O2S/c14-7(15)6-3-5(1-2-9-6)4-13-8(16)10-11-12-13/h5-6,9H,1-4H2,(H,14,15)(H,10,12,16)/t5-,6-/m1/s1. The van der Waals surface area contributed by atoms with E-state index in [4.69, 9.17) is 17.3 Å². The number of carboxylic acids is 1. The molecule has 0 amide bonds. The zero-order chi connectivity index (χ0) is 11.5. The van der Waals surface area contributed by atoms with E-state index in [0.29, 0.717) is 17.7 Å². The number of H-pyrrole nitrogens is 1. The summed E-state index contributed by atoms with van der Waals surface area (Å²) in [6, 6.07) is -0.455. The number of aromatic amines is 1. The monoisotopic (exact) mass is 243 g/mol. The molecule has 2 rings (SSSR count). The highest BCUT2D eigenvalue weighted by molar-refractivity contribution is 7.71. The molecule has 1 saturated heterocycles. The van der Waals surface area contributed by atoms with E-state index >= 15 is 0 Å². The smallest absolute Gasteiger partial charge is 0.320 e. The number of aromatic nitrogens is 4. The average molecular weight is 243 g/mol. The Morgan fingerprint density at radius 3 is 3.12 bits per heavy atom. The number of rotatable bonds is 3. The maximum Gasteiger partial charge on any atom is 0.320 e. The van der Waals surface area contributed by atoms with Crippen LogP contribution in [-0.2, 0) is 11.3 Å². The summed E-state index contributed by atoms with van der Waals surface area (Å²) < 4.78 is 2.08. The van der Waals surface area contributed by atoms with Gasteiger partial charge in [-0.2, -0.15) is 5.21 Å². The number of hydrogen-bond acceptors (Lipinski definition) is 5. The highest BCUT2D eigenvalue weighted by Gasteiger charge is 2.26. The Morgan fingerprint density at radius 1 is 1.69 bits per heavy atom. The molecule has 1 fully saturated rings. The van der Waals surface area contributed by atoms with Gasteiger partial charge in [-0.15, -0.1) is 0 Å². The molecule has 1 aliphatic rings. The van der Waals surface area contributed by atoms with Gasteiger partial charge in [0.25, 0.3) is 0 Å². The molecule has 3 N–H and O–H groups in total. The first-order valence-corrected chi connectivity index (χ1v) is 5.51. The van der Waals surface area contributed by atoms with Crippen LogP contribution < -0.4 is 5.32 Å². The summed E-state index contributed by atoms with van der Waals surface area (Å²) in [5.74, 6) is -0.507. The highest BCUT2D eigenvalue weighted by Crippen LogP contribution is 2.18. The third-order valence-electron chi connectivity index (χ3n) is 2.78. The third kappa shape index (κ3) is 2.45. The van der Waals surface area contributed by atoms with Gasteiger partial charge in [-0.05, 0) is 37.5 Å².